The van der Waals surface area contributed by atoms with Crippen LogP contribution in [-0.2, 0) is 0 Å². The molecule has 0 aliphatic rings. The lowest BCUT2D eigenvalue weighted by Crippen LogP contribution is -1.94. The van der Waals surface area contributed by atoms with Gasteiger partial charge in [0.1, 0.15) is 0 Å². The maximum Gasteiger partial charge on any atom is 0.160 e. The summed E-state index contributed by atoms with van der Waals surface area (Å²) in [6, 6.07) is 5.27. The Morgan fingerprint density at radius 1 is 1.50 bits per heavy atom. The number of nitrogens with two attached hydrogens (primary N) is 1. The maximum absolute atomic E-state index is 9.46. The van der Waals surface area contributed by atoms with Crippen molar-refractivity contribution in [1.82, 2.24) is 0 Å². The number of phenols is 1. The Morgan fingerprint density at radius 2 is 2.29 bits per heavy atom. The predicted molar refractivity (Wildman–Crippen MR) is 57.4 cm³/mol. The largest absolute Gasteiger partial charge is 0.504 e. The zero-order valence-corrected chi connectivity index (χ0v) is 8.23. The number of methoxy groups -OCH3 is 1. The van der Waals surface area contributed by atoms with Gasteiger partial charge in [0.2, 0.25) is 0 Å². The third-order valence-corrected chi connectivity index (χ3v) is 1.85. The van der Waals surface area contributed by atoms with Crippen LogP contribution in [0.15, 0.2) is 24.3 Å². The fourth-order valence-electron chi connectivity index (χ4n) is 1.13. The van der Waals surface area contributed by atoms with Gasteiger partial charge in [-0.15, -0.1) is 0 Å². The van der Waals surface area contributed by atoms with E-state index in [2.05, 4.69) is 0 Å². The van der Waals surface area contributed by atoms with Crippen molar-refractivity contribution >= 4 is 6.08 Å². The van der Waals surface area contributed by atoms with Crippen LogP contribution in [0.25, 0.3) is 6.08 Å². The minimum Gasteiger partial charge on any atom is -0.504 e. The molecule has 76 valence electrons. The third kappa shape index (κ3) is 2.78. The van der Waals surface area contributed by atoms with Crippen LogP contribution in [0.2, 0.25) is 0 Å². The molecule has 1 aromatic carbocycles. The van der Waals surface area contributed by atoms with E-state index >= 15 is 0 Å². The summed E-state index contributed by atoms with van der Waals surface area (Å²) in [6.07, 6.45) is 4.74. The molecule has 3 nitrogen and oxygen atoms in total. The van der Waals surface area contributed by atoms with Gasteiger partial charge in [-0.25, -0.2) is 0 Å². The number of ether oxygens (including phenoxy) is 1. The minimum absolute atomic E-state index is 0.155. The van der Waals surface area contributed by atoms with Crippen molar-refractivity contribution in [3.63, 3.8) is 0 Å². The first-order valence-electron chi connectivity index (χ1n) is 4.51. The van der Waals surface area contributed by atoms with E-state index in [0.717, 1.165) is 12.0 Å². The van der Waals surface area contributed by atoms with E-state index in [1.54, 1.807) is 12.1 Å². The maximum atomic E-state index is 9.46. The molecular weight excluding hydrogens is 178 g/mol. The molecule has 0 aliphatic heterocycles. The highest BCUT2D eigenvalue weighted by Crippen LogP contribution is 2.26. The molecule has 1 rings (SSSR count). The summed E-state index contributed by atoms with van der Waals surface area (Å²) >= 11 is 0. The lowest BCUT2D eigenvalue weighted by atomic mass is 10.2. The van der Waals surface area contributed by atoms with Crippen molar-refractivity contribution < 1.29 is 9.84 Å². The summed E-state index contributed by atoms with van der Waals surface area (Å²) in [5, 5.41) is 9.46. The Bertz CT molecular complexity index is 321. The Balaban J connectivity index is 2.76. The first-order valence-corrected chi connectivity index (χ1v) is 4.51. The first kappa shape index (κ1) is 10.6. The molecule has 0 saturated heterocycles. The van der Waals surface area contributed by atoms with E-state index in [-0.39, 0.29) is 5.75 Å². The highest BCUT2D eigenvalue weighted by atomic mass is 16.5. The van der Waals surface area contributed by atoms with Crippen LogP contribution in [0.1, 0.15) is 12.0 Å². The van der Waals surface area contributed by atoms with Gasteiger partial charge in [0.05, 0.1) is 7.11 Å². The van der Waals surface area contributed by atoms with Gasteiger partial charge in [0.15, 0.2) is 11.5 Å². The summed E-state index contributed by atoms with van der Waals surface area (Å²) in [4.78, 5) is 0. The van der Waals surface area contributed by atoms with Crippen LogP contribution in [0.5, 0.6) is 11.5 Å². The molecule has 3 N–H and O–H groups in total. The summed E-state index contributed by atoms with van der Waals surface area (Å²) in [7, 11) is 1.53. The highest BCUT2D eigenvalue weighted by molar-refractivity contribution is 5.55. The molecular formula is C11H15NO2. The summed E-state index contributed by atoms with van der Waals surface area (Å²) in [5.74, 6) is 0.642. The molecule has 0 amide bonds. The van der Waals surface area contributed by atoms with E-state index in [1.807, 2.05) is 18.2 Å². The summed E-state index contributed by atoms with van der Waals surface area (Å²) in [6.45, 7) is 0.638. The van der Waals surface area contributed by atoms with Crippen LogP contribution in [0, 0.1) is 0 Å². The average Bonchev–Trinajstić information content (AvgIpc) is 2.18. The second-order valence-electron chi connectivity index (χ2n) is 2.91. The Morgan fingerprint density at radius 3 is 2.86 bits per heavy atom. The van der Waals surface area contributed by atoms with Gasteiger partial charge < -0.3 is 15.6 Å². The quantitative estimate of drug-likeness (QED) is 0.766. The van der Waals surface area contributed by atoms with Gasteiger partial charge in [-0.2, -0.15) is 0 Å². The molecule has 0 aliphatic carbocycles. The van der Waals surface area contributed by atoms with Crippen LogP contribution in [-0.4, -0.2) is 18.8 Å². The van der Waals surface area contributed by atoms with Gasteiger partial charge in [0, 0.05) is 0 Å². The van der Waals surface area contributed by atoms with Gasteiger partial charge in [0.25, 0.3) is 0 Å². The van der Waals surface area contributed by atoms with E-state index in [1.165, 1.54) is 7.11 Å². The van der Waals surface area contributed by atoms with E-state index in [0.29, 0.717) is 12.3 Å². The van der Waals surface area contributed by atoms with Crippen molar-refractivity contribution in [2.75, 3.05) is 13.7 Å². The second kappa shape index (κ2) is 5.29. The van der Waals surface area contributed by atoms with Crippen molar-refractivity contribution in [3.05, 3.63) is 29.8 Å². The highest BCUT2D eigenvalue weighted by Gasteiger charge is 1.99. The van der Waals surface area contributed by atoms with Gasteiger partial charge in [-0.05, 0) is 30.7 Å². The van der Waals surface area contributed by atoms with Crippen LogP contribution in [0.3, 0.4) is 0 Å². The Hall–Kier alpha value is -1.48. The normalized spacial score (nSPS) is 10.7. The third-order valence-electron chi connectivity index (χ3n) is 1.85. The Labute approximate surface area is 83.8 Å². The molecule has 0 spiro atoms. The minimum atomic E-state index is 0.155. The van der Waals surface area contributed by atoms with Gasteiger partial charge >= 0.3 is 0 Å². The zero-order chi connectivity index (χ0) is 10.4. The fourth-order valence-corrected chi connectivity index (χ4v) is 1.13. The fraction of sp³-hybridized carbons (Fsp3) is 0.273. The first-order chi connectivity index (χ1) is 6.77. The summed E-state index contributed by atoms with van der Waals surface area (Å²) in [5.41, 5.74) is 6.29. The molecule has 0 atom stereocenters. The molecule has 0 bridgehead atoms. The second-order valence-corrected chi connectivity index (χ2v) is 2.91. The number of aromatic hydroxyl groups is 1. The van der Waals surface area contributed by atoms with Crippen LogP contribution >= 0.6 is 0 Å². The standard InChI is InChI=1S/C11H15NO2/c1-14-11-6-5-9(8-10(11)13)4-2-3-7-12/h2,4-6,8,13H,3,7,12H2,1H3. The summed E-state index contributed by atoms with van der Waals surface area (Å²) < 4.78 is 4.93. The molecule has 0 radical (unpaired) electrons. The smallest absolute Gasteiger partial charge is 0.160 e. The molecule has 0 aromatic heterocycles. The molecule has 0 saturated carbocycles. The lowest BCUT2D eigenvalue weighted by Gasteiger charge is -2.03. The molecule has 14 heavy (non-hydrogen) atoms. The SMILES string of the molecule is COc1ccc(C=CCCN)cc1O. The molecule has 1 aromatic rings. The van der Waals surface area contributed by atoms with Crippen molar-refractivity contribution in [1.29, 1.82) is 0 Å². The number of hydrogen-bond acceptors (Lipinski definition) is 3. The molecule has 0 fully saturated rings. The predicted octanol–water partition coefficient (Wildman–Crippen LogP) is 1.76. The van der Waals surface area contributed by atoms with E-state index in [9.17, 15) is 5.11 Å². The number of phenolic OH excluding ortho intramolecular Hbond substituents is 1. The van der Waals surface area contributed by atoms with Crippen molar-refractivity contribution in [2.45, 2.75) is 6.42 Å². The monoisotopic (exact) mass is 193 g/mol. The van der Waals surface area contributed by atoms with Crippen molar-refractivity contribution in [2.24, 2.45) is 5.73 Å². The number of rotatable bonds is 4. The van der Waals surface area contributed by atoms with E-state index < -0.39 is 0 Å². The van der Waals surface area contributed by atoms with Crippen molar-refractivity contribution in [3.8, 4) is 11.5 Å². The van der Waals surface area contributed by atoms with Crippen LogP contribution < -0.4 is 10.5 Å². The topological polar surface area (TPSA) is 55.5 Å². The number of benzene rings is 1. The molecule has 0 unspecified atom stereocenters. The van der Waals surface area contributed by atoms with E-state index in [4.69, 9.17) is 10.5 Å². The van der Waals surface area contributed by atoms with Gasteiger partial charge in [-0.3, -0.25) is 0 Å². The van der Waals surface area contributed by atoms with Gasteiger partial charge in [-0.1, -0.05) is 18.2 Å². The zero-order valence-electron chi connectivity index (χ0n) is 8.23. The average molecular weight is 193 g/mol. The molecule has 3 heteroatoms. The molecule has 0 heterocycles. The number of hydrogen-bond donors (Lipinski definition) is 2. The Kier molecular flexibility index (Phi) is 4.01. The lowest BCUT2D eigenvalue weighted by molar-refractivity contribution is 0.373. The van der Waals surface area contributed by atoms with Crippen LogP contribution in [0.4, 0.5) is 0 Å².